The van der Waals surface area contributed by atoms with Crippen molar-refractivity contribution >= 4 is 23.2 Å². The van der Waals surface area contributed by atoms with Crippen LogP contribution in [0.1, 0.15) is 28.7 Å². The van der Waals surface area contributed by atoms with Crippen LogP contribution in [0.5, 0.6) is 5.75 Å². The molecule has 0 bridgehead atoms. The van der Waals surface area contributed by atoms with Crippen LogP contribution in [0, 0.1) is 11.8 Å². The number of likely N-dealkylation sites (N-methyl/N-ethyl adjacent to an activating group) is 1. The smallest absolute Gasteiger partial charge is 0.255 e. The summed E-state index contributed by atoms with van der Waals surface area (Å²) in [5, 5.41) is 48.0. The molecule has 0 heterocycles. The van der Waals surface area contributed by atoms with Crippen molar-refractivity contribution in [1.29, 1.82) is 0 Å². The van der Waals surface area contributed by atoms with Crippen LogP contribution in [0.4, 0.5) is 0 Å². The van der Waals surface area contributed by atoms with E-state index in [1.54, 1.807) is 20.2 Å². The number of phenols is 1. The van der Waals surface area contributed by atoms with Gasteiger partial charge in [0.05, 0.1) is 11.6 Å². The molecule has 5 rings (SSSR count). The number of hydrogen-bond acceptors (Lipinski definition) is 9. The van der Waals surface area contributed by atoms with E-state index in [2.05, 4.69) is 5.32 Å². The third kappa shape index (κ3) is 4.03. The molecular weight excluding hydrogens is 502 g/mol. The zero-order chi connectivity index (χ0) is 28.2. The zero-order valence-corrected chi connectivity index (χ0v) is 21.6. The number of rotatable bonds is 6. The lowest BCUT2D eigenvalue weighted by Crippen LogP contribution is -2.65. The molecule has 10 heteroatoms. The Morgan fingerprint density at radius 2 is 1.77 bits per heavy atom. The Balaban J connectivity index is 1.58. The van der Waals surface area contributed by atoms with Gasteiger partial charge in [-0.2, -0.15) is 0 Å². The van der Waals surface area contributed by atoms with Gasteiger partial charge >= 0.3 is 0 Å². The maximum Gasteiger partial charge on any atom is 0.255 e. The van der Waals surface area contributed by atoms with Gasteiger partial charge in [-0.15, -0.1) is 0 Å². The number of amides is 1. The van der Waals surface area contributed by atoms with Crippen molar-refractivity contribution < 1.29 is 34.8 Å². The van der Waals surface area contributed by atoms with Gasteiger partial charge in [0, 0.05) is 24.6 Å². The summed E-state index contributed by atoms with van der Waals surface area (Å²) in [6, 6.07) is 11.9. The molecule has 1 unspecified atom stereocenters. The minimum Gasteiger partial charge on any atom is -0.508 e. The van der Waals surface area contributed by atoms with E-state index in [1.165, 1.54) is 11.0 Å². The number of benzene rings is 2. The van der Waals surface area contributed by atoms with Crippen molar-refractivity contribution in [2.75, 3.05) is 14.1 Å². The van der Waals surface area contributed by atoms with Gasteiger partial charge in [0.15, 0.2) is 11.4 Å². The number of phenolic OH excluding ortho intramolecular Hbond substituents is 1. The second kappa shape index (κ2) is 9.64. The normalized spacial score (nSPS) is 26.4. The van der Waals surface area contributed by atoms with Crippen LogP contribution in [0.15, 0.2) is 59.4 Å². The predicted octanol–water partition coefficient (Wildman–Crippen LogP) is 1.25. The van der Waals surface area contributed by atoms with E-state index < -0.39 is 58.0 Å². The third-order valence-electron chi connectivity index (χ3n) is 8.19. The first-order chi connectivity index (χ1) is 18.5. The minimum atomic E-state index is -2.64. The Hall–Kier alpha value is -3.99. The Morgan fingerprint density at radius 3 is 2.41 bits per heavy atom. The van der Waals surface area contributed by atoms with Gasteiger partial charge < -0.3 is 31.5 Å². The van der Waals surface area contributed by atoms with Crippen LogP contribution >= 0.6 is 0 Å². The molecule has 0 aromatic heterocycles. The SMILES string of the molecule is CN(C)C1C(=O)C(C(N)=O)=C(O)[C@@]2(O)C(=O)C3=C(O)c4c(O)ccc(CNCc5ccccc5)c4C[C@H]3C[C@@H]12. The van der Waals surface area contributed by atoms with Gasteiger partial charge in [-0.1, -0.05) is 36.4 Å². The van der Waals surface area contributed by atoms with Crippen LogP contribution in [0.2, 0.25) is 0 Å². The van der Waals surface area contributed by atoms with Gasteiger partial charge in [0.2, 0.25) is 5.78 Å². The Morgan fingerprint density at radius 1 is 1.08 bits per heavy atom. The Labute approximate surface area is 225 Å². The highest BCUT2D eigenvalue weighted by molar-refractivity contribution is 6.24. The second-order valence-corrected chi connectivity index (χ2v) is 10.6. The number of aliphatic hydroxyl groups excluding tert-OH is 2. The summed E-state index contributed by atoms with van der Waals surface area (Å²) in [4.78, 5) is 40.6. The van der Waals surface area contributed by atoms with E-state index >= 15 is 0 Å². The number of fused-ring (bicyclic) bond motifs is 3. The van der Waals surface area contributed by atoms with E-state index in [1.807, 2.05) is 30.3 Å². The molecule has 0 saturated heterocycles. The number of aliphatic hydroxyl groups is 3. The highest BCUT2D eigenvalue weighted by atomic mass is 16.3. The summed E-state index contributed by atoms with van der Waals surface area (Å²) in [7, 11) is 3.14. The predicted molar refractivity (Wildman–Crippen MR) is 141 cm³/mol. The van der Waals surface area contributed by atoms with Crippen molar-refractivity contribution in [1.82, 2.24) is 10.2 Å². The van der Waals surface area contributed by atoms with Crippen LogP contribution in [0.3, 0.4) is 0 Å². The Kier molecular flexibility index (Phi) is 6.58. The summed E-state index contributed by atoms with van der Waals surface area (Å²) in [6.45, 7) is 1.03. The number of nitrogens with zero attached hydrogens (tertiary/aromatic N) is 1. The van der Waals surface area contributed by atoms with E-state index in [-0.39, 0.29) is 29.7 Å². The van der Waals surface area contributed by atoms with Crippen LogP contribution in [-0.2, 0) is 33.9 Å². The number of nitrogens with two attached hydrogens (primary N) is 1. The molecule has 4 atom stereocenters. The second-order valence-electron chi connectivity index (χ2n) is 10.6. The first kappa shape index (κ1) is 26.6. The molecule has 3 aliphatic rings. The summed E-state index contributed by atoms with van der Waals surface area (Å²) in [6.07, 6.45) is 0.309. The van der Waals surface area contributed by atoms with Gasteiger partial charge in [-0.25, -0.2) is 0 Å². The lowest BCUT2D eigenvalue weighted by molar-refractivity contribution is -0.153. The zero-order valence-electron chi connectivity index (χ0n) is 21.6. The van der Waals surface area contributed by atoms with Gasteiger partial charge in [-0.3, -0.25) is 19.3 Å². The summed E-state index contributed by atoms with van der Waals surface area (Å²) < 4.78 is 0. The topological polar surface area (TPSA) is 173 Å². The molecule has 39 heavy (non-hydrogen) atoms. The van der Waals surface area contributed by atoms with Crippen molar-refractivity contribution in [3.63, 3.8) is 0 Å². The molecule has 1 fully saturated rings. The molecule has 0 radical (unpaired) electrons. The van der Waals surface area contributed by atoms with Crippen molar-refractivity contribution in [2.45, 2.75) is 37.6 Å². The maximum atomic E-state index is 13.9. The molecule has 0 aliphatic heterocycles. The first-order valence-corrected chi connectivity index (χ1v) is 12.7. The lowest BCUT2D eigenvalue weighted by Gasteiger charge is -2.50. The number of aromatic hydroxyl groups is 1. The van der Waals surface area contributed by atoms with E-state index in [0.717, 1.165) is 11.1 Å². The number of nitrogens with one attached hydrogen (secondary N) is 1. The molecule has 3 aliphatic carbocycles. The fourth-order valence-corrected chi connectivity index (χ4v) is 6.41. The molecule has 7 N–H and O–H groups in total. The fraction of sp³-hybridized carbons (Fsp3) is 0.345. The average molecular weight is 534 g/mol. The molecule has 2 aromatic carbocycles. The van der Waals surface area contributed by atoms with Crippen molar-refractivity contribution in [3.8, 4) is 5.75 Å². The number of primary amides is 1. The van der Waals surface area contributed by atoms with Crippen LogP contribution in [0.25, 0.3) is 5.76 Å². The Bertz CT molecular complexity index is 1450. The minimum absolute atomic E-state index is 0.0539. The number of carbonyl (C=O) groups is 3. The maximum absolute atomic E-state index is 13.9. The van der Waals surface area contributed by atoms with Crippen molar-refractivity contribution in [3.05, 3.63) is 81.6 Å². The molecule has 204 valence electrons. The number of ketones is 2. The highest BCUT2D eigenvalue weighted by Crippen LogP contribution is 2.52. The lowest BCUT2D eigenvalue weighted by atomic mass is 9.57. The third-order valence-corrected chi connectivity index (χ3v) is 8.19. The van der Waals surface area contributed by atoms with Gasteiger partial charge in [-0.05, 0) is 55.6 Å². The number of hydrogen-bond donors (Lipinski definition) is 6. The summed E-state index contributed by atoms with van der Waals surface area (Å²) >= 11 is 0. The molecule has 10 nitrogen and oxygen atoms in total. The van der Waals surface area contributed by atoms with E-state index in [0.29, 0.717) is 18.7 Å². The fourth-order valence-electron chi connectivity index (χ4n) is 6.41. The molecule has 1 saturated carbocycles. The van der Waals surface area contributed by atoms with Crippen LogP contribution < -0.4 is 11.1 Å². The first-order valence-electron chi connectivity index (χ1n) is 12.7. The number of Topliss-reactive ketones (excluding diaryl/α,β-unsaturated/α-hetero) is 2. The largest absolute Gasteiger partial charge is 0.508 e. The molecule has 0 spiro atoms. The van der Waals surface area contributed by atoms with Gasteiger partial charge in [0.1, 0.15) is 22.8 Å². The van der Waals surface area contributed by atoms with E-state index in [9.17, 15) is 34.8 Å². The average Bonchev–Trinajstić information content (AvgIpc) is 2.87. The van der Waals surface area contributed by atoms with Crippen LogP contribution in [-0.4, -0.2) is 68.5 Å². The monoisotopic (exact) mass is 533 g/mol. The van der Waals surface area contributed by atoms with E-state index in [4.69, 9.17) is 5.73 Å². The van der Waals surface area contributed by atoms with Gasteiger partial charge in [0.25, 0.3) is 5.91 Å². The molecule has 1 amide bonds. The number of carbonyl (C=O) groups excluding carboxylic acids is 3. The molecule has 2 aromatic rings. The summed E-state index contributed by atoms with van der Waals surface area (Å²) in [5.41, 5.74) is 4.37. The van der Waals surface area contributed by atoms with Crippen molar-refractivity contribution in [2.24, 2.45) is 17.6 Å². The summed E-state index contributed by atoms with van der Waals surface area (Å²) in [5.74, 6) is -6.58. The molecular formula is C29H31N3O7. The quantitative estimate of drug-likeness (QED) is 0.299. The highest BCUT2D eigenvalue weighted by Gasteiger charge is 2.64. The standard InChI is InChI=1S/C29H31N3O7/c1-32(2)23-18-11-16-10-17-15(13-31-12-14-6-4-3-5-7-14)8-9-19(33)21(17)24(34)20(16)26(36)29(18,39)27(37)22(25(23)35)28(30)38/h3-9,16,18,23,31,33-34,37,39H,10-13H2,1-2H3,(H2,30,38)/t16-,18-,23?,29-/m0/s1.